The van der Waals surface area contributed by atoms with Crippen molar-refractivity contribution in [2.75, 3.05) is 13.7 Å². The van der Waals surface area contributed by atoms with E-state index in [0.29, 0.717) is 40.5 Å². The number of carbonyl (C=O) groups is 2. The van der Waals surface area contributed by atoms with Crippen LogP contribution in [-0.4, -0.2) is 31.8 Å². The molecule has 0 unspecified atom stereocenters. The van der Waals surface area contributed by atoms with E-state index in [2.05, 4.69) is 33.0 Å². The Morgan fingerprint density at radius 3 is 2.33 bits per heavy atom. The predicted molar refractivity (Wildman–Crippen MR) is 129 cm³/mol. The van der Waals surface area contributed by atoms with Gasteiger partial charge in [-0.25, -0.2) is 10.2 Å². The summed E-state index contributed by atoms with van der Waals surface area (Å²) in [7, 11) is 1.55. The Morgan fingerprint density at radius 1 is 1.00 bits per heavy atom. The number of esters is 1. The second kappa shape index (κ2) is 11.6. The fourth-order valence-electron chi connectivity index (χ4n) is 2.68. The normalized spacial score (nSPS) is 10.5. The van der Waals surface area contributed by atoms with Crippen molar-refractivity contribution in [1.82, 2.24) is 5.43 Å². The van der Waals surface area contributed by atoms with Gasteiger partial charge >= 0.3 is 5.97 Å². The van der Waals surface area contributed by atoms with Gasteiger partial charge in [-0.15, -0.1) is 0 Å². The van der Waals surface area contributed by atoms with E-state index in [0.717, 1.165) is 4.47 Å². The zero-order chi connectivity index (χ0) is 23.6. The largest absolute Gasteiger partial charge is 0.497 e. The smallest absolute Gasteiger partial charge is 0.343 e. The van der Waals surface area contributed by atoms with Crippen LogP contribution in [-0.2, 0) is 0 Å². The molecule has 0 radical (unpaired) electrons. The molecule has 8 heteroatoms. The first-order chi connectivity index (χ1) is 16.0. The molecule has 1 N–H and O–H groups in total. The molecule has 168 valence electrons. The van der Waals surface area contributed by atoms with Crippen molar-refractivity contribution in [3.8, 4) is 17.2 Å². The topological polar surface area (TPSA) is 86.2 Å². The van der Waals surface area contributed by atoms with Crippen LogP contribution in [0.2, 0.25) is 0 Å². The van der Waals surface area contributed by atoms with E-state index < -0.39 is 11.9 Å². The number of hydrogen-bond acceptors (Lipinski definition) is 6. The number of amides is 1. The maximum Gasteiger partial charge on any atom is 0.343 e. The van der Waals surface area contributed by atoms with Crippen molar-refractivity contribution in [1.29, 1.82) is 0 Å². The highest BCUT2D eigenvalue weighted by atomic mass is 79.9. The molecule has 1 amide bonds. The number of nitrogens with zero attached hydrogens (tertiary/aromatic N) is 1. The summed E-state index contributed by atoms with van der Waals surface area (Å²) in [5, 5.41) is 4.00. The summed E-state index contributed by atoms with van der Waals surface area (Å²) in [6.45, 7) is 3.97. The highest BCUT2D eigenvalue weighted by Gasteiger charge is 2.12. The monoisotopic (exact) mass is 508 g/mol. The number of hydrogen-bond donors (Lipinski definition) is 1. The molecule has 0 aliphatic heterocycles. The number of methoxy groups -OCH3 is 1. The van der Waals surface area contributed by atoms with Gasteiger partial charge < -0.3 is 14.2 Å². The standard InChI is InChI=1S/C25H21BrN2O5/c1-3-14-32-22-11-4-17(5-12-22)24(29)28-27-16-19-15-20(26)8-13-23(19)33-25(30)18-6-9-21(31-2)10-7-18/h3-13,15-16H,1,14H2,2H3,(H,28,29)/b27-16-. The maximum atomic E-state index is 12.5. The number of hydrazone groups is 1. The molecule has 0 saturated heterocycles. The molecule has 0 aliphatic rings. The molecule has 7 nitrogen and oxygen atoms in total. The first-order valence-corrected chi connectivity index (χ1v) is 10.6. The lowest BCUT2D eigenvalue weighted by Gasteiger charge is -2.09. The zero-order valence-corrected chi connectivity index (χ0v) is 19.4. The fourth-order valence-corrected chi connectivity index (χ4v) is 3.06. The van der Waals surface area contributed by atoms with Crippen LogP contribution < -0.4 is 19.6 Å². The number of ether oxygens (including phenoxy) is 3. The van der Waals surface area contributed by atoms with E-state index in [-0.39, 0.29) is 0 Å². The van der Waals surface area contributed by atoms with Crippen molar-refractivity contribution in [3.63, 3.8) is 0 Å². The molecule has 0 bridgehead atoms. The van der Waals surface area contributed by atoms with Crippen LogP contribution in [0.25, 0.3) is 0 Å². The van der Waals surface area contributed by atoms with Crippen molar-refractivity contribution >= 4 is 34.0 Å². The molecule has 0 aromatic heterocycles. The van der Waals surface area contributed by atoms with Crippen LogP contribution >= 0.6 is 15.9 Å². The third kappa shape index (κ3) is 6.78. The van der Waals surface area contributed by atoms with E-state index in [1.165, 1.54) is 6.21 Å². The first-order valence-electron chi connectivity index (χ1n) is 9.83. The zero-order valence-electron chi connectivity index (χ0n) is 17.8. The van der Waals surface area contributed by atoms with Gasteiger partial charge in [0, 0.05) is 15.6 Å². The minimum atomic E-state index is -0.530. The van der Waals surface area contributed by atoms with Gasteiger partial charge in [0.15, 0.2) is 0 Å². The molecule has 33 heavy (non-hydrogen) atoms. The number of carbonyl (C=O) groups excluding carboxylic acids is 2. The van der Waals surface area contributed by atoms with Gasteiger partial charge in [-0.05, 0) is 66.7 Å². The van der Waals surface area contributed by atoms with E-state index >= 15 is 0 Å². The lowest BCUT2D eigenvalue weighted by Crippen LogP contribution is -2.17. The fraction of sp³-hybridized carbons (Fsp3) is 0.0800. The SMILES string of the molecule is C=CCOc1ccc(C(=O)N/N=C\c2cc(Br)ccc2OC(=O)c2ccc(OC)cc2)cc1. The van der Waals surface area contributed by atoms with Crippen molar-refractivity contribution in [3.05, 3.63) is 101 Å². The number of rotatable bonds is 9. The maximum absolute atomic E-state index is 12.5. The Bertz CT molecular complexity index is 1160. The Kier molecular flexibility index (Phi) is 8.37. The Hall–Kier alpha value is -3.91. The van der Waals surface area contributed by atoms with Gasteiger partial charge in [0.25, 0.3) is 5.91 Å². The number of benzene rings is 3. The number of nitrogens with one attached hydrogen (secondary N) is 1. The van der Waals surface area contributed by atoms with Crippen LogP contribution in [0.5, 0.6) is 17.2 Å². The second-order valence-corrected chi connectivity index (χ2v) is 7.54. The molecule has 0 saturated carbocycles. The Morgan fingerprint density at radius 2 is 1.67 bits per heavy atom. The van der Waals surface area contributed by atoms with Crippen LogP contribution in [0.3, 0.4) is 0 Å². The van der Waals surface area contributed by atoms with Gasteiger partial charge in [-0.1, -0.05) is 28.6 Å². The lowest BCUT2D eigenvalue weighted by molar-refractivity contribution is 0.0734. The number of halogens is 1. The van der Waals surface area contributed by atoms with Gasteiger partial charge in [0.2, 0.25) is 0 Å². The Labute approximate surface area is 199 Å². The van der Waals surface area contributed by atoms with Gasteiger partial charge in [0.05, 0.1) is 18.9 Å². The summed E-state index contributed by atoms with van der Waals surface area (Å²) >= 11 is 3.38. The summed E-state index contributed by atoms with van der Waals surface area (Å²) in [6.07, 6.45) is 3.04. The third-order valence-electron chi connectivity index (χ3n) is 4.35. The minimum Gasteiger partial charge on any atom is -0.497 e. The molecule has 0 heterocycles. The van der Waals surface area contributed by atoms with Gasteiger partial charge in [-0.3, -0.25) is 4.79 Å². The van der Waals surface area contributed by atoms with E-state index in [1.54, 1.807) is 79.9 Å². The first kappa shape index (κ1) is 23.7. The van der Waals surface area contributed by atoms with Crippen LogP contribution in [0.1, 0.15) is 26.3 Å². The summed E-state index contributed by atoms with van der Waals surface area (Å²) in [6, 6.07) is 18.3. The summed E-state index contributed by atoms with van der Waals surface area (Å²) < 4.78 is 16.8. The molecular formula is C25H21BrN2O5. The molecule has 3 aromatic rings. The molecular weight excluding hydrogens is 488 g/mol. The van der Waals surface area contributed by atoms with Crippen molar-refractivity contribution < 1.29 is 23.8 Å². The lowest BCUT2D eigenvalue weighted by atomic mass is 10.2. The molecule has 0 aliphatic carbocycles. The average Bonchev–Trinajstić information content (AvgIpc) is 2.84. The van der Waals surface area contributed by atoms with Crippen LogP contribution in [0, 0.1) is 0 Å². The van der Waals surface area contributed by atoms with Gasteiger partial charge in [-0.2, -0.15) is 5.10 Å². The summed E-state index contributed by atoms with van der Waals surface area (Å²) in [5.74, 6) is 0.636. The third-order valence-corrected chi connectivity index (χ3v) is 4.85. The molecule has 3 aromatic carbocycles. The highest BCUT2D eigenvalue weighted by molar-refractivity contribution is 9.10. The van der Waals surface area contributed by atoms with E-state index in [4.69, 9.17) is 14.2 Å². The summed E-state index contributed by atoms with van der Waals surface area (Å²) in [4.78, 5) is 24.8. The molecule has 3 rings (SSSR count). The predicted octanol–water partition coefficient (Wildman–Crippen LogP) is 5.01. The molecule has 0 fully saturated rings. The van der Waals surface area contributed by atoms with Crippen LogP contribution in [0.4, 0.5) is 0 Å². The average molecular weight is 509 g/mol. The molecule has 0 spiro atoms. The second-order valence-electron chi connectivity index (χ2n) is 6.62. The summed E-state index contributed by atoms with van der Waals surface area (Å²) in [5.41, 5.74) is 3.74. The van der Waals surface area contributed by atoms with E-state index in [9.17, 15) is 9.59 Å². The van der Waals surface area contributed by atoms with E-state index in [1.807, 2.05) is 0 Å². The van der Waals surface area contributed by atoms with Crippen molar-refractivity contribution in [2.45, 2.75) is 0 Å². The minimum absolute atomic E-state index is 0.292. The van der Waals surface area contributed by atoms with Crippen LogP contribution in [0.15, 0.2) is 89.0 Å². The van der Waals surface area contributed by atoms with Gasteiger partial charge in [0.1, 0.15) is 23.9 Å². The molecule has 0 atom stereocenters. The quantitative estimate of drug-likeness (QED) is 0.144. The Balaban J connectivity index is 1.67. The highest BCUT2D eigenvalue weighted by Crippen LogP contribution is 2.23. The van der Waals surface area contributed by atoms with Crippen molar-refractivity contribution in [2.24, 2.45) is 5.10 Å².